The van der Waals surface area contributed by atoms with Crippen LogP contribution in [0.1, 0.15) is 28.8 Å². The van der Waals surface area contributed by atoms with Gasteiger partial charge in [-0.15, -0.1) is 11.3 Å². The summed E-state index contributed by atoms with van der Waals surface area (Å²) >= 11 is 1.46. The van der Waals surface area contributed by atoms with E-state index in [2.05, 4.69) is 15.8 Å². The Labute approximate surface area is 133 Å². The summed E-state index contributed by atoms with van der Waals surface area (Å²) in [4.78, 5) is 12.6. The van der Waals surface area contributed by atoms with Crippen molar-refractivity contribution in [3.8, 4) is 0 Å². The molecule has 0 radical (unpaired) electrons. The number of urea groups is 1. The van der Waals surface area contributed by atoms with Gasteiger partial charge in [-0.1, -0.05) is 11.2 Å². The smallest absolute Gasteiger partial charge is 0.314 e. The van der Waals surface area contributed by atoms with Crippen LogP contribution >= 0.6 is 11.3 Å². The highest BCUT2D eigenvalue weighted by Gasteiger charge is 2.24. The van der Waals surface area contributed by atoms with Gasteiger partial charge in [0.05, 0.1) is 12.2 Å². The Morgan fingerprint density at radius 3 is 2.82 bits per heavy atom. The van der Waals surface area contributed by atoms with E-state index in [1.807, 2.05) is 31.4 Å². The summed E-state index contributed by atoms with van der Waals surface area (Å²) in [5.74, 6) is 0.778. The predicted octanol–water partition coefficient (Wildman–Crippen LogP) is 2.10. The van der Waals surface area contributed by atoms with E-state index in [1.54, 1.807) is 6.92 Å². The monoisotopic (exact) mass is 323 g/mol. The summed E-state index contributed by atoms with van der Waals surface area (Å²) in [6, 6.07) is 3.42. The van der Waals surface area contributed by atoms with Crippen LogP contribution in [0.2, 0.25) is 0 Å². The average Bonchev–Trinajstić information content (AvgIpc) is 3.10. The second-order valence-electron chi connectivity index (χ2n) is 5.41. The van der Waals surface area contributed by atoms with E-state index in [1.165, 1.54) is 11.3 Å². The number of hydrogen-bond donors (Lipinski definition) is 3. The first-order valence-corrected chi connectivity index (χ1v) is 7.98. The third-order valence-electron chi connectivity index (χ3n) is 3.49. The number of aromatic nitrogens is 1. The lowest BCUT2D eigenvalue weighted by atomic mass is 10.1. The van der Waals surface area contributed by atoms with Gasteiger partial charge in [0, 0.05) is 17.0 Å². The quantitative estimate of drug-likeness (QED) is 0.760. The maximum atomic E-state index is 11.8. The molecule has 0 aliphatic carbocycles. The number of aliphatic hydroxyl groups is 1. The van der Waals surface area contributed by atoms with Crippen molar-refractivity contribution in [1.82, 2.24) is 15.8 Å². The van der Waals surface area contributed by atoms with Crippen LogP contribution in [-0.2, 0) is 12.0 Å². The maximum absolute atomic E-state index is 11.8. The molecule has 2 aromatic rings. The molecule has 0 fully saturated rings. The summed E-state index contributed by atoms with van der Waals surface area (Å²) in [5.41, 5.74) is 0.805. The van der Waals surface area contributed by atoms with Crippen molar-refractivity contribution < 1.29 is 14.4 Å². The Bertz CT molecular complexity index is 601. The van der Waals surface area contributed by atoms with Crippen molar-refractivity contribution in [2.24, 2.45) is 0 Å². The Morgan fingerprint density at radius 1 is 1.45 bits per heavy atom. The van der Waals surface area contributed by atoms with Gasteiger partial charge in [-0.2, -0.15) is 0 Å². The average molecular weight is 323 g/mol. The van der Waals surface area contributed by atoms with E-state index in [0.717, 1.165) is 21.9 Å². The molecular formula is C15H21N3O3S. The second-order valence-corrected chi connectivity index (χ2v) is 6.36. The van der Waals surface area contributed by atoms with E-state index in [0.29, 0.717) is 13.0 Å². The maximum Gasteiger partial charge on any atom is 0.314 e. The summed E-state index contributed by atoms with van der Waals surface area (Å²) < 4.78 is 5.08. The van der Waals surface area contributed by atoms with Crippen LogP contribution in [0.5, 0.6) is 0 Å². The molecule has 1 atom stereocenters. The standard InChI is InChI=1S/C15H21N3O3S/c1-10-12(11(2)21-18-10)6-7-16-14(19)17-9-15(3,20)13-5-4-8-22-13/h4-5,8,20H,6-7,9H2,1-3H3,(H2,16,17,19)/t15-/m0/s1. The first-order valence-electron chi connectivity index (χ1n) is 7.10. The molecule has 2 rings (SSSR count). The van der Waals surface area contributed by atoms with Crippen LogP contribution in [0.25, 0.3) is 0 Å². The van der Waals surface area contributed by atoms with E-state index in [-0.39, 0.29) is 12.6 Å². The third kappa shape index (κ3) is 4.08. The molecule has 0 aromatic carbocycles. The minimum Gasteiger partial charge on any atom is -0.383 e. The molecule has 22 heavy (non-hydrogen) atoms. The fourth-order valence-corrected chi connectivity index (χ4v) is 2.93. The topological polar surface area (TPSA) is 87.4 Å². The number of amides is 2. The molecule has 120 valence electrons. The highest BCUT2D eigenvalue weighted by molar-refractivity contribution is 7.10. The molecule has 6 nitrogen and oxygen atoms in total. The Hall–Kier alpha value is -1.86. The van der Waals surface area contributed by atoms with Crippen molar-refractivity contribution >= 4 is 17.4 Å². The van der Waals surface area contributed by atoms with Crippen LogP contribution in [-0.4, -0.2) is 29.4 Å². The van der Waals surface area contributed by atoms with E-state index in [4.69, 9.17) is 4.52 Å². The molecule has 0 bridgehead atoms. The van der Waals surface area contributed by atoms with Gasteiger partial charge in [-0.05, 0) is 38.6 Å². The molecule has 0 saturated carbocycles. The van der Waals surface area contributed by atoms with E-state index < -0.39 is 5.60 Å². The highest BCUT2D eigenvalue weighted by Crippen LogP contribution is 2.24. The lowest BCUT2D eigenvalue weighted by molar-refractivity contribution is 0.0631. The van der Waals surface area contributed by atoms with Gasteiger partial charge in [-0.25, -0.2) is 4.79 Å². The van der Waals surface area contributed by atoms with Crippen molar-refractivity contribution in [1.29, 1.82) is 0 Å². The van der Waals surface area contributed by atoms with Gasteiger partial charge in [0.25, 0.3) is 0 Å². The number of thiophene rings is 1. The van der Waals surface area contributed by atoms with Crippen LogP contribution in [0.15, 0.2) is 22.0 Å². The van der Waals surface area contributed by atoms with E-state index in [9.17, 15) is 9.90 Å². The fraction of sp³-hybridized carbons (Fsp3) is 0.467. The van der Waals surface area contributed by atoms with Crippen molar-refractivity contribution in [3.63, 3.8) is 0 Å². The third-order valence-corrected chi connectivity index (χ3v) is 4.61. The second kappa shape index (κ2) is 6.93. The van der Waals surface area contributed by atoms with Gasteiger partial charge in [0.1, 0.15) is 11.4 Å². The number of hydrogen-bond acceptors (Lipinski definition) is 5. The van der Waals surface area contributed by atoms with Crippen LogP contribution < -0.4 is 10.6 Å². The Balaban J connectivity index is 1.75. The largest absolute Gasteiger partial charge is 0.383 e. The fourth-order valence-electron chi connectivity index (χ4n) is 2.15. The molecule has 3 N–H and O–H groups in total. The molecule has 0 saturated heterocycles. The summed E-state index contributed by atoms with van der Waals surface area (Å²) in [7, 11) is 0. The minimum absolute atomic E-state index is 0.157. The zero-order valence-corrected chi connectivity index (χ0v) is 13.8. The van der Waals surface area contributed by atoms with Crippen LogP contribution in [0, 0.1) is 13.8 Å². The number of aryl methyl sites for hydroxylation is 2. The molecule has 2 heterocycles. The van der Waals surface area contributed by atoms with Gasteiger partial charge in [0.2, 0.25) is 0 Å². The zero-order valence-electron chi connectivity index (χ0n) is 13.0. The summed E-state index contributed by atoms with van der Waals surface area (Å²) in [6.45, 7) is 6.06. The normalized spacial score (nSPS) is 13.6. The Kier molecular flexibility index (Phi) is 5.20. The molecule has 0 spiro atoms. The number of nitrogens with zero attached hydrogens (tertiary/aromatic N) is 1. The predicted molar refractivity (Wildman–Crippen MR) is 85.0 cm³/mol. The van der Waals surface area contributed by atoms with Gasteiger partial charge in [-0.3, -0.25) is 0 Å². The number of carbonyl (C=O) groups excluding carboxylic acids is 1. The number of nitrogens with one attached hydrogen (secondary N) is 2. The molecule has 0 unspecified atom stereocenters. The molecular weight excluding hydrogens is 302 g/mol. The lowest BCUT2D eigenvalue weighted by Gasteiger charge is -2.22. The summed E-state index contributed by atoms with van der Waals surface area (Å²) in [6.07, 6.45) is 0.663. The Morgan fingerprint density at radius 2 is 2.23 bits per heavy atom. The summed E-state index contributed by atoms with van der Waals surface area (Å²) in [5, 5.41) is 21.5. The lowest BCUT2D eigenvalue weighted by Crippen LogP contribution is -2.43. The van der Waals surface area contributed by atoms with Crippen molar-refractivity contribution in [2.75, 3.05) is 13.1 Å². The SMILES string of the molecule is Cc1noc(C)c1CCNC(=O)NC[C@](C)(O)c1cccs1. The van der Waals surface area contributed by atoms with Gasteiger partial charge in [0.15, 0.2) is 0 Å². The molecule has 2 aromatic heterocycles. The highest BCUT2D eigenvalue weighted by atomic mass is 32.1. The van der Waals surface area contributed by atoms with E-state index >= 15 is 0 Å². The molecule has 0 aliphatic heterocycles. The minimum atomic E-state index is -1.06. The van der Waals surface area contributed by atoms with Gasteiger partial charge < -0.3 is 20.3 Å². The zero-order chi connectivity index (χ0) is 16.2. The molecule has 2 amide bonds. The number of rotatable bonds is 6. The first kappa shape index (κ1) is 16.5. The van der Waals surface area contributed by atoms with Crippen molar-refractivity contribution in [3.05, 3.63) is 39.4 Å². The first-order chi connectivity index (χ1) is 10.4. The van der Waals surface area contributed by atoms with Crippen LogP contribution in [0.4, 0.5) is 4.79 Å². The molecule has 0 aliphatic rings. The van der Waals surface area contributed by atoms with Crippen LogP contribution in [0.3, 0.4) is 0 Å². The van der Waals surface area contributed by atoms with Crippen molar-refractivity contribution in [2.45, 2.75) is 32.8 Å². The van der Waals surface area contributed by atoms with Gasteiger partial charge >= 0.3 is 6.03 Å². The molecule has 7 heteroatoms. The number of carbonyl (C=O) groups is 1.